The molecule has 3 aliphatic rings. The standard InChI is InChI=1S/C14H15BN2O3/c15-9-2-3-11-10(6-9)14(8-19-12(16)17-14)13(7-18-11)4-1-5-20-13/h2-3,6H,1,4-5,7-8H2,(H2,16,17). The molecule has 2 unspecified atom stereocenters. The normalized spacial score (nSPS) is 34.7. The summed E-state index contributed by atoms with van der Waals surface area (Å²) in [6.45, 7) is 1.54. The molecule has 3 aliphatic heterocycles. The van der Waals surface area contributed by atoms with Crippen LogP contribution >= 0.6 is 0 Å². The molecule has 2 atom stereocenters. The zero-order chi connectivity index (χ0) is 13.8. The molecule has 0 aliphatic carbocycles. The van der Waals surface area contributed by atoms with Crippen molar-refractivity contribution in [2.45, 2.75) is 24.0 Å². The van der Waals surface area contributed by atoms with Crippen molar-refractivity contribution in [2.24, 2.45) is 10.7 Å². The van der Waals surface area contributed by atoms with Crippen LogP contribution in [0.1, 0.15) is 18.4 Å². The lowest BCUT2D eigenvalue weighted by atomic mass is 9.71. The molecule has 102 valence electrons. The second-order valence-electron chi connectivity index (χ2n) is 5.59. The predicted octanol–water partition coefficient (Wildman–Crippen LogP) is -0.0378. The third kappa shape index (κ3) is 1.40. The van der Waals surface area contributed by atoms with Crippen LogP contribution in [0.3, 0.4) is 0 Å². The molecular weight excluding hydrogens is 255 g/mol. The number of nitrogens with zero attached hydrogens (tertiary/aromatic N) is 1. The first-order valence-electron chi connectivity index (χ1n) is 6.80. The number of nitrogens with two attached hydrogens (primary N) is 1. The van der Waals surface area contributed by atoms with Crippen LogP contribution in [0.15, 0.2) is 23.2 Å². The van der Waals surface area contributed by atoms with Crippen LogP contribution in [0.2, 0.25) is 0 Å². The molecule has 6 heteroatoms. The molecule has 0 amide bonds. The zero-order valence-corrected chi connectivity index (χ0v) is 11.1. The molecule has 2 spiro atoms. The van der Waals surface area contributed by atoms with E-state index in [9.17, 15) is 0 Å². The Hall–Kier alpha value is -1.69. The molecule has 0 aromatic heterocycles. The van der Waals surface area contributed by atoms with Gasteiger partial charge in [-0.2, -0.15) is 0 Å². The Kier molecular flexibility index (Phi) is 2.37. The Balaban J connectivity index is 1.95. The molecule has 1 aromatic carbocycles. The summed E-state index contributed by atoms with van der Waals surface area (Å²) in [6, 6.07) is 5.79. The maximum atomic E-state index is 6.06. The van der Waals surface area contributed by atoms with Crippen LogP contribution in [-0.2, 0) is 15.0 Å². The Morgan fingerprint density at radius 3 is 2.85 bits per heavy atom. The van der Waals surface area contributed by atoms with Gasteiger partial charge in [0.25, 0.3) is 6.02 Å². The largest absolute Gasteiger partial charge is 0.490 e. The summed E-state index contributed by atoms with van der Waals surface area (Å²) in [6.07, 6.45) is 1.86. The number of fused-ring (bicyclic) bond motifs is 3. The first kappa shape index (κ1) is 12.1. The molecule has 2 radical (unpaired) electrons. The second kappa shape index (κ2) is 3.91. The van der Waals surface area contributed by atoms with Crippen LogP contribution in [0.25, 0.3) is 0 Å². The second-order valence-corrected chi connectivity index (χ2v) is 5.59. The maximum Gasteiger partial charge on any atom is 0.283 e. The minimum Gasteiger partial charge on any atom is -0.490 e. The van der Waals surface area contributed by atoms with Crippen molar-refractivity contribution in [2.75, 3.05) is 19.8 Å². The molecule has 3 heterocycles. The molecule has 0 bridgehead atoms. The number of aliphatic imine (C=N–C) groups is 1. The fourth-order valence-corrected chi connectivity index (χ4v) is 3.50. The summed E-state index contributed by atoms with van der Waals surface area (Å²) in [4.78, 5) is 4.61. The van der Waals surface area contributed by atoms with Gasteiger partial charge in [0.15, 0.2) is 5.54 Å². The minimum absolute atomic E-state index is 0.204. The number of benzene rings is 1. The average molecular weight is 270 g/mol. The van der Waals surface area contributed by atoms with Gasteiger partial charge in [-0.05, 0) is 18.9 Å². The lowest BCUT2D eigenvalue weighted by Crippen LogP contribution is -2.58. The molecule has 1 aromatic rings. The summed E-state index contributed by atoms with van der Waals surface area (Å²) in [5, 5.41) is 0. The van der Waals surface area contributed by atoms with Crippen molar-refractivity contribution < 1.29 is 14.2 Å². The van der Waals surface area contributed by atoms with E-state index < -0.39 is 11.1 Å². The Labute approximate surface area is 118 Å². The monoisotopic (exact) mass is 270 g/mol. The van der Waals surface area contributed by atoms with Crippen molar-refractivity contribution in [3.63, 3.8) is 0 Å². The first-order chi connectivity index (χ1) is 9.65. The van der Waals surface area contributed by atoms with E-state index in [-0.39, 0.29) is 6.02 Å². The summed E-state index contributed by atoms with van der Waals surface area (Å²) in [7, 11) is 5.94. The molecule has 2 N–H and O–H groups in total. The minimum atomic E-state index is -0.642. The van der Waals surface area contributed by atoms with Crippen LogP contribution in [0.5, 0.6) is 5.75 Å². The molecule has 1 fully saturated rings. The average Bonchev–Trinajstić information content (AvgIpc) is 3.05. The molecule has 4 rings (SSSR count). The maximum absolute atomic E-state index is 6.06. The third-order valence-electron chi connectivity index (χ3n) is 4.50. The summed E-state index contributed by atoms with van der Waals surface area (Å²) in [5.74, 6) is 0.780. The van der Waals surface area contributed by atoms with Gasteiger partial charge in [0.2, 0.25) is 0 Å². The van der Waals surface area contributed by atoms with Gasteiger partial charge in [-0.3, -0.25) is 0 Å². The summed E-state index contributed by atoms with van der Waals surface area (Å²) >= 11 is 0. The van der Waals surface area contributed by atoms with Gasteiger partial charge in [0.05, 0.1) is 0 Å². The fourth-order valence-electron chi connectivity index (χ4n) is 3.50. The van der Waals surface area contributed by atoms with Gasteiger partial charge in [0.1, 0.15) is 32.4 Å². The van der Waals surface area contributed by atoms with E-state index in [1.54, 1.807) is 0 Å². The van der Waals surface area contributed by atoms with Crippen LogP contribution < -0.4 is 15.9 Å². The van der Waals surface area contributed by atoms with Crippen molar-refractivity contribution in [3.8, 4) is 5.75 Å². The number of ether oxygens (including phenoxy) is 3. The molecule has 1 saturated heterocycles. The number of rotatable bonds is 0. The smallest absolute Gasteiger partial charge is 0.283 e. The van der Waals surface area contributed by atoms with Crippen molar-refractivity contribution >= 4 is 19.3 Å². The summed E-state index contributed by atoms with van der Waals surface area (Å²) < 4.78 is 17.4. The van der Waals surface area contributed by atoms with E-state index in [2.05, 4.69) is 4.99 Å². The lowest BCUT2D eigenvalue weighted by Gasteiger charge is -2.46. The quantitative estimate of drug-likeness (QED) is 0.672. The van der Waals surface area contributed by atoms with Crippen LogP contribution in [0.4, 0.5) is 0 Å². The SMILES string of the molecule is [B]c1ccc2c(c1)C1(COC(N)=N1)C1(CCCO1)CO2. The zero-order valence-electron chi connectivity index (χ0n) is 11.1. The number of hydrogen-bond donors (Lipinski definition) is 1. The van der Waals surface area contributed by atoms with Gasteiger partial charge in [0, 0.05) is 12.2 Å². The number of hydrogen-bond acceptors (Lipinski definition) is 5. The highest BCUT2D eigenvalue weighted by Gasteiger charge is 2.62. The molecular formula is C14H15BN2O3. The van der Waals surface area contributed by atoms with Gasteiger partial charge < -0.3 is 19.9 Å². The topological polar surface area (TPSA) is 66.1 Å². The highest BCUT2D eigenvalue weighted by molar-refractivity contribution is 6.32. The van der Waals surface area contributed by atoms with Crippen molar-refractivity contribution in [3.05, 3.63) is 23.8 Å². The van der Waals surface area contributed by atoms with E-state index in [1.807, 2.05) is 18.2 Å². The van der Waals surface area contributed by atoms with Gasteiger partial charge in [-0.15, -0.1) is 0 Å². The predicted molar refractivity (Wildman–Crippen MR) is 74.5 cm³/mol. The first-order valence-corrected chi connectivity index (χ1v) is 6.80. The van der Waals surface area contributed by atoms with Gasteiger partial charge in [-0.25, -0.2) is 4.99 Å². The van der Waals surface area contributed by atoms with Crippen molar-refractivity contribution in [1.82, 2.24) is 0 Å². The lowest BCUT2D eigenvalue weighted by molar-refractivity contribution is -0.105. The third-order valence-corrected chi connectivity index (χ3v) is 4.50. The number of amidine groups is 1. The van der Waals surface area contributed by atoms with E-state index in [0.29, 0.717) is 25.3 Å². The summed E-state index contributed by atoms with van der Waals surface area (Å²) in [5.41, 5.74) is 6.22. The van der Waals surface area contributed by atoms with Crippen LogP contribution in [0, 0.1) is 0 Å². The van der Waals surface area contributed by atoms with E-state index in [0.717, 1.165) is 24.2 Å². The molecule has 20 heavy (non-hydrogen) atoms. The van der Waals surface area contributed by atoms with E-state index in [4.69, 9.17) is 27.8 Å². The van der Waals surface area contributed by atoms with Crippen LogP contribution in [-0.4, -0.2) is 39.3 Å². The van der Waals surface area contributed by atoms with E-state index >= 15 is 0 Å². The Morgan fingerprint density at radius 1 is 1.25 bits per heavy atom. The highest BCUT2D eigenvalue weighted by Crippen LogP contribution is 2.52. The fraction of sp³-hybridized carbons (Fsp3) is 0.500. The van der Waals surface area contributed by atoms with E-state index in [1.165, 1.54) is 0 Å². The molecule has 5 nitrogen and oxygen atoms in total. The highest BCUT2D eigenvalue weighted by atomic mass is 16.6. The van der Waals surface area contributed by atoms with Crippen molar-refractivity contribution in [1.29, 1.82) is 0 Å². The Bertz CT molecular complexity index is 598. The van der Waals surface area contributed by atoms with Gasteiger partial charge >= 0.3 is 0 Å². The Morgan fingerprint density at radius 2 is 2.15 bits per heavy atom. The molecule has 0 saturated carbocycles. The van der Waals surface area contributed by atoms with Gasteiger partial charge in [-0.1, -0.05) is 17.6 Å².